The van der Waals surface area contributed by atoms with Gasteiger partial charge < -0.3 is 10.1 Å². The molecule has 0 radical (unpaired) electrons. The van der Waals surface area contributed by atoms with Gasteiger partial charge in [-0.15, -0.1) is 0 Å². The van der Waals surface area contributed by atoms with Crippen molar-refractivity contribution in [3.63, 3.8) is 0 Å². The molecular formula is C18H29NO. The highest BCUT2D eigenvalue weighted by atomic mass is 16.5. The Hall–Kier alpha value is -1.02. The van der Waals surface area contributed by atoms with E-state index in [4.69, 9.17) is 4.74 Å². The van der Waals surface area contributed by atoms with E-state index in [0.29, 0.717) is 0 Å². The molecule has 0 amide bonds. The van der Waals surface area contributed by atoms with Crippen molar-refractivity contribution in [3.05, 3.63) is 29.8 Å². The van der Waals surface area contributed by atoms with E-state index in [2.05, 4.69) is 30.4 Å². The van der Waals surface area contributed by atoms with Crippen LogP contribution in [0.15, 0.2) is 24.3 Å². The van der Waals surface area contributed by atoms with Gasteiger partial charge in [0.25, 0.3) is 0 Å². The molecule has 0 spiro atoms. The van der Waals surface area contributed by atoms with Crippen LogP contribution in [0.3, 0.4) is 0 Å². The minimum atomic E-state index is 0.804. The molecule has 1 fully saturated rings. The third-order valence-electron chi connectivity index (χ3n) is 4.15. The molecule has 2 nitrogen and oxygen atoms in total. The van der Waals surface area contributed by atoms with Crippen LogP contribution in [-0.2, 0) is 6.54 Å². The Kier molecular flexibility index (Phi) is 6.93. The Balaban J connectivity index is 1.65. The molecule has 1 saturated carbocycles. The summed E-state index contributed by atoms with van der Waals surface area (Å²) in [7, 11) is 0. The van der Waals surface area contributed by atoms with Gasteiger partial charge in [-0.05, 0) is 43.0 Å². The fourth-order valence-corrected chi connectivity index (χ4v) is 2.98. The molecular weight excluding hydrogens is 246 g/mol. The van der Waals surface area contributed by atoms with E-state index in [-0.39, 0.29) is 0 Å². The van der Waals surface area contributed by atoms with E-state index in [1.807, 2.05) is 6.07 Å². The summed E-state index contributed by atoms with van der Waals surface area (Å²) in [6.07, 6.45) is 9.64. The fourth-order valence-electron chi connectivity index (χ4n) is 2.98. The van der Waals surface area contributed by atoms with Crippen LogP contribution in [-0.4, -0.2) is 13.2 Å². The molecule has 1 aromatic carbocycles. The SMILES string of the molecule is CCCOc1cccc(CNCCC2CCCCC2)c1. The van der Waals surface area contributed by atoms with Gasteiger partial charge in [0, 0.05) is 6.54 Å². The van der Waals surface area contributed by atoms with Crippen LogP contribution in [0, 0.1) is 5.92 Å². The lowest BCUT2D eigenvalue weighted by atomic mass is 9.87. The predicted molar refractivity (Wildman–Crippen MR) is 85.1 cm³/mol. The summed E-state index contributed by atoms with van der Waals surface area (Å²) in [5.41, 5.74) is 1.32. The topological polar surface area (TPSA) is 21.3 Å². The van der Waals surface area contributed by atoms with E-state index in [9.17, 15) is 0 Å². The van der Waals surface area contributed by atoms with Gasteiger partial charge in [0.1, 0.15) is 5.75 Å². The zero-order valence-electron chi connectivity index (χ0n) is 12.9. The van der Waals surface area contributed by atoms with Gasteiger partial charge in [0.2, 0.25) is 0 Å². The molecule has 0 heterocycles. The normalized spacial score (nSPS) is 16.2. The average Bonchev–Trinajstić information content (AvgIpc) is 2.51. The van der Waals surface area contributed by atoms with Gasteiger partial charge in [-0.25, -0.2) is 0 Å². The van der Waals surface area contributed by atoms with Gasteiger partial charge in [-0.1, -0.05) is 51.2 Å². The highest BCUT2D eigenvalue weighted by Crippen LogP contribution is 2.25. The summed E-state index contributed by atoms with van der Waals surface area (Å²) in [5, 5.41) is 3.58. The third kappa shape index (κ3) is 5.54. The Morgan fingerprint density at radius 1 is 1.20 bits per heavy atom. The maximum Gasteiger partial charge on any atom is 0.119 e. The maximum absolute atomic E-state index is 5.67. The Bertz CT molecular complexity index is 371. The lowest BCUT2D eigenvalue weighted by molar-refractivity contribution is 0.317. The third-order valence-corrected chi connectivity index (χ3v) is 4.15. The Morgan fingerprint density at radius 2 is 2.05 bits per heavy atom. The van der Waals surface area contributed by atoms with Crippen LogP contribution in [0.5, 0.6) is 5.75 Å². The van der Waals surface area contributed by atoms with Crippen molar-refractivity contribution in [2.24, 2.45) is 5.92 Å². The zero-order chi connectivity index (χ0) is 14.0. The first-order valence-corrected chi connectivity index (χ1v) is 8.31. The highest BCUT2D eigenvalue weighted by Gasteiger charge is 2.12. The van der Waals surface area contributed by atoms with E-state index >= 15 is 0 Å². The van der Waals surface area contributed by atoms with Crippen molar-refractivity contribution in [2.45, 2.75) is 58.4 Å². The van der Waals surface area contributed by atoms with E-state index in [1.54, 1.807) is 0 Å². The van der Waals surface area contributed by atoms with Gasteiger partial charge in [-0.3, -0.25) is 0 Å². The summed E-state index contributed by atoms with van der Waals surface area (Å²) >= 11 is 0. The molecule has 1 aromatic rings. The second-order valence-electron chi connectivity index (χ2n) is 5.97. The number of hydrogen-bond acceptors (Lipinski definition) is 2. The van der Waals surface area contributed by atoms with Crippen molar-refractivity contribution in [2.75, 3.05) is 13.2 Å². The zero-order valence-corrected chi connectivity index (χ0v) is 12.9. The van der Waals surface area contributed by atoms with Crippen molar-refractivity contribution in [1.29, 1.82) is 0 Å². The van der Waals surface area contributed by atoms with Crippen LogP contribution in [0.4, 0.5) is 0 Å². The summed E-state index contributed by atoms with van der Waals surface area (Å²) in [5.74, 6) is 1.97. The average molecular weight is 275 g/mol. The molecule has 1 aliphatic rings. The second kappa shape index (κ2) is 9.02. The molecule has 0 unspecified atom stereocenters. The molecule has 0 atom stereocenters. The lowest BCUT2D eigenvalue weighted by Gasteiger charge is -2.21. The first-order chi connectivity index (χ1) is 9.88. The molecule has 0 saturated heterocycles. The highest BCUT2D eigenvalue weighted by molar-refractivity contribution is 5.28. The van der Waals surface area contributed by atoms with Crippen LogP contribution in [0.25, 0.3) is 0 Å². The second-order valence-corrected chi connectivity index (χ2v) is 5.97. The summed E-state index contributed by atoms with van der Waals surface area (Å²) in [6.45, 7) is 5.04. The minimum Gasteiger partial charge on any atom is -0.494 e. The van der Waals surface area contributed by atoms with Crippen molar-refractivity contribution >= 4 is 0 Å². The van der Waals surface area contributed by atoms with Crippen LogP contribution < -0.4 is 10.1 Å². The van der Waals surface area contributed by atoms with E-state index < -0.39 is 0 Å². The molecule has 1 aliphatic carbocycles. The molecule has 1 N–H and O–H groups in total. The smallest absolute Gasteiger partial charge is 0.119 e. The minimum absolute atomic E-state index is 0.804. The Labute approximate surface area is 123 Å². The summed E-state index contributed by atoms with van der Waals surface area (Å²) in [4.78, 5) is 0. The lowest BCUT2D eigenvalue weighted by Crippen LogP contribution is -2.19. The van der Waals surface area contributed by atoms with Crippen LogP contribution in [0.2, 0.25) is 0 Å². The molecule has 112 valence electrons. The van der Waals surface area contributed by atoms with Crippen molar-refractivity contribution in [1.82, 2.24) is 5.32 Å². The molecule has 0 aliphatic heterocycles. The van der Waals surface area contributed by atoms with Gasteiger partial charge in [0.15, 0.2) is 0 Å². The van der Waals surface area contributed by atoms with Crippen molar-refractivity contribution < 1.29 is 4.74 Å². The predicted octanol–water partition coefficient (Wildman–Crippen LogP) is 4.54. The first kappa shape index (κ1) is 15.4. The molecule has 20 heavy (non-hydrogen) atoms. The quantitative estimate of drug-likeness (QED) is 0.703. The van der Waals surface area contributed by atoms with Gasteiger partial charge in [0.05, 0.1) is 6.61 Å². The number of rotatable bonds is 8. The fraction of sp³-hybridized carbons (Fsp3) is 0.667. The summed E-state index contributed by atoms with van der Waals surface area (Å²) < 4.78 is 5.67. The van der Waals surface area contributed by atoms with E-state index in [0.717, 1.165) is 37.8 Å². The number of nitrogens with one attached hydrogen (secondary N) is 1. The van der Waals surface area contributed by atoms with Gasteiger partial charge in [-0.2, -0.15) is 0 Å². The molecule has 2 heteroatoms. The van der Waals surface area contributed by atoms with Crippen LogP contribution >= 0.6 is 0 Å². The van der Waals surface area contributed by atoms with Crippen molar-refractivity contribution in [3.8, 4) is 5.75 Å². The molecule has 0 bridgehead atoms. The standard InChI is InChI=1S/C18H29NO/c1-2-13-20-18-10-6-9-17(14-18)15-19-12-11-16-7-4-3-5-8-16/h6,9-10,14,16,19H,2-5,7-8,11-13,15H2,1H3. The van der Waals surface area contributed by atoms with E-state index in [1.165, 1.54) is 44.1 Å². The van der Waals surface area contributed by atoms with Crippen LogP contribution in [0.1, 0.15) is 57.4 Å². The number of hydrogen-bond donors (Lipinski definition) is 1. The first-order valence-electron chi connectivity index (χ1n) is 8.31. The Morgan fingerprint density at radius 3 is 2.85 bits per heavy atom. The van der Waals surface area contributed by atoms with Gasteiger partial charge >= 0.3 is 0 Å². The molecule has 0 aromatic heterocycles. The largest absolute Gasteiger partial charge is 0.494 e. The maximum atomic E-state index is 5.67. The monoisotopic (exact) mass is 275 g/mol. The summed E-state index contributed by atoms with van der Waals surface area (Å²) in [6, 6.07) is 8.46. The number of ether oxygens (including phenoxy) is 1. The molecule has 2 rings (SSSR count). The number of benzene rings is 1.